The van der Waals surface area contributed by atoms with E-state index in [1.165, 1.54) is 11.2 Å². The summed E-state index contributed by atoms with van der Waals surface area (Å²) in [5.74, 6) is -1.43. The standard InChI is InChI=1S/C23H24F2N4O4/c1-2-9-29(14-20-26-27-21(33-20)19-4-3-12-32-19)22(30)15-7-10-28(11-8-15)23(31)17-6-5-16(24)13-18(17)25/h3-6,12-13,15H,2,7-11,14H2,1H3. The van der Waals surface area contributed by atoms with Crippen LogP contribution in [-0.4, -0.2) is 51.4 Å². The maximum Gasteiger partial charge on any atom is 0.283 e. The molecule has 10 heteroatoms. The van der Waals surface area contributed by atoms with Crippen molar-refractivity contribution < 1.29 is 27.2 Å². The summed E-state index contributed by atoms with van der Waals surface area (Å²) in [6.07, 6.45) is 3.17. The molecule has 0 spiro atoms. The largest absolute Gasteiger partial charge is 0.459 e. The second kappa shape index (κ2) is 9.93. The molecule has 3 aromatic rings. The summed E-state index contributed by atoms with van der Waals surface area (Å²) in [6, 6.07) is 6.33. The Bertz CT molecular complexity index is 1110. The molecule has 0 N–H and O–H groups in total. The van der Waals surface area contributed by atoms with Crippen molar-refractivity contribution in [2.75, 3.05) is 19.6 Å². The third-order valence-corrected chi connectivity index (χ3v) is 5.62. The molecule has 2 aromatic heterocycles. The number of aromatic nitrogens is 2. The van der Waals surface area contributed by atoms with Crippen LogP contribution in [0.25, 0.3) is 11.7 Å². The van der Waals surface area contributed by atoms with Gasteiger partial charge < -0.3 is 18.6 Å². The molecule has 0 unspecified atom stereocenters. The summed E-state index contributed by atoms with van der Waals surface area (Å²) in [7, 11) is 0. The van der Waals surface area contributed by atoms with Gasteiger partial charge in [-0.2, -0.15) is 0 Å². The Morgan fingerprint density at radius 1 is 1.18 bits per heavy atom. The van der Waals surface area contributed by atoms with Crippen LogP contribution in [0.5, 0.6) is 0 Å². The van der Waals surface area contributed by atoms with Crippen molar-refractivity contribution in [2.24, 2.45) is 5.92 Å². The average Bonchev–Trinajstić information content (AvgIpc) is 3.50. The SMILES string of the molecule is CCCN(Cc1nnc(-c2ccco2)o1)C(=O)C1CCN(C(=O)c2ccc(F)cc2F)CC1. The molecule has 0 saturated carbocycles. The molecule has 1 aromatic carbocycles. The third kappa shape index (κ3) is 5.10. The van der Waals surface area contributed by atoms with Gasteiger partial charge in [-0.3, -0.25) is 9.59 Å². The van der Waals surface area contributed by atoms with E-state index in [2.05, 4.69) is 10.2 Å². The monoisotopic (exact) mass is 458 g/mol. The van der Waals surface area contributed by atoms with Gasteiger partial charge in [0.25, 0.3) is 11.8 Å². The van der Waals surface area contributed by atoms with Crippen molar-refractivity contribution in [1.29, 1.82) is 0 Å². The number of amides is 2. The molecule has 2 amide bonds. The number of furan rings is 1. The zero-order chi connectivity index (χ0) is 23.4. The molecule has 1 aliphatic rings. The lowest BCUT2D eigenvalue weighted by Gasteiger charge is -2.34. The zero-order valence-electron chi connectivity index (χ0n) is 18.2. The number of nitrogens with zero attached hydrogens (tertiary/aromatic N) is 4. The van der Waals surface area contributed by atoms with Crippen LogP contribution in [0.4, 0.5) is 8.78 Å². The molecule has 174 valence electrons. The van der Waals surface area contributed by atoms with Crippen LogP contribution in [0.3, 0.4) is 0 Å². The normalized spacial score (nSPS) is 14.5. The van der Waals surface area contributed by atoms with Gasteiger partial charge in [-0.1, -0.05) is 6.92 Å². The van der Waals surface area contributed by atoms with Crippen molar-refractivity contribution >= 4 is 11.8 Å². The molecule has 0 aliphatic carbocycles. The van der Waals surface area contributed by atoms with Gasteiger partial charge in [0.05, 0.1) is 18.4 Å². The molecule has 4 rings (SSSR count). The van der Waals surface area contributed by atoms with Crippen molar-refractivity contribution in [2.45, 2.75) is 32.7 Å². The third-order valence-electron chi connectivity index (χ3n) is 5.62. The second-order valence-corrected chi connectivity index (χ2v) is 7.93. The second-order valence-electron chi connectivity index (χ2n) is 7.93. The molecule has 3 heterocycles. The van der Waals surface area contributed by atoms with E-state index in [0.717, 1.165) is 18.6 Å². The minimum atomic E-state index is -0.888. The maximum atomic E-state index is 14.0. The predicted molar refractivity (Wildman–Crippen MR) is 113 cm³/mol. The first-order chi connectivity index (χ1) is 16.0. The molecular formula is C23H24F2N4O4. The summed E-state index contributed by atoms with van der Waals surface area (Å²) >= 11 is 0. The van der Waals surface area contributed by atoms with Crippen LogP contribution < -0.4 is 0 Å². The fraction of sp³-hybridized carbons (Fsp3) is 0.391. The van der Waals surface area contributed by atoms with Crippen molar-refractivity contribution in [3.05, 3.63) is 59.7 Å². The molecule has 0 atom stereocenters. The van der Waals surface area contributed by atoms with Gasteiger partial charge in [-0.25, -0.2) is 8.78 Å². The molecule has 8 nitrogen and oxygen atoms in total. The smallest absolute Gasteiger partial charge is 0.283 e. The number of carbonyl (C=O) groups excluding carboxylic acids is 2. The van der Waals surface area contributed by atoms with E-state index >= 15 is 0 Å². The Kier molecular flexibility index (Phi) is 6.81. The number of benzene rings is 1. The maximum absolute atomic E-state index is 14.0. The van der Waals surface area contributed by atoms with Crippen molar-refractivity contribution in [1.82, 2.24) is 20.0 Å². The predicted octanol–water partition coefficient (Wildman–Crippen LogP) is 3.90. The van der Waals surface area contributed by atoms with E-state index in [1.54, 1.807) is 17.0 Å². The fourth-order valence-corrected chi connectivity index (χ4v) is 3.94. The van der Waals surface area contributed by atoms with E-state index in [4.69, 9.17) is 8.83 Å². The minimum Gasteiger partial charge on any atom is -0.459 e. The average molecular weight is 458 g/mol. The number of hydrogen-bond donors (Lipinski definition) is 0. The Balaban J connectivity index is 1.37. The highest BCUT2D eigenvalue weighted by molar-refractivity contribution is 5.94. The number of piperidine rings is 1. The summed E-state index contributed by atoms with van der Waals surface area (Å²) < 4.78 is 38.0. The van der Waals surface area contributed by atoms with Gasteiger partial charge in [0.1, 0.15) is 11.6 Å². The summed E-state index contributed by atoms with van der Waals surface area (Å²) in [5.41, 5.74) is -0.169. The number of likely N-dealkylation sites (tertiary alicyclic amines) is 1. The number of halogens is 2. The highest BCUT2D eigenvalue weighted by Gasteiger charge is 2.32. The van der Waals surface area contributed by atoms with Crippen molar-refractivity contribution in [3.63, 3.8) is 0 Å². The quantitative estimate of drug-likeness (QED) is 0.533. The Morgan fingerprint density at radius 3 is 2.64 bits per heavy atom. The van der Waals surface area contributed by atoms with Crippen LogP contribution in [0, 0.1) is 17.6 Å². The first-order valence-corrected chi connectivity index (χ1v) is 10.9. The molecule has 33 heavy (non-hydrogen) atoms. The highest BCUT2D eigenvalue weighted by Crippen LogP contribution is 2.24. The van der Waals surface area contributed by atoms with E-state index in [-0.39, 0.29) is 29.8 Å². The van der Waals surface area contributed by atoms with Gasteiger partial charge in [0.15, 0.2) is 5.76 Å². The molecule has 1 saturated heterocycles. The lowest BCUT2D eigenvalue weighted by Crippen LogP contribution is -2.44. The summed E-state index contributed by atoms with van der Waals surface area (Å²) in [5, 5.41) is 7.99. The topological polar surface area (TPSA) is 92.7 Å². The molecule has 0 bridgehead atoms. The molecule has 1 fully saturated rings. The summed E-state index contributed by atoms with van der Waals surface area (Å²) in [6.45, 7) is 3.31. The lowest BCUT2D eigenvalue weighted by atomic mass is 9.94. The fourth-order valence-electron chi connectivity index (χ4n) is 3.94. The van der Waals surface area contributed by atoms with Crippen LogP contribution in [0.15, 0.2) is 45.4 Å². The minimum absolute atomic E-state index is 0.0466. The first-order valence-electron chi connectivity index (χ1n) is 10.9. The van der Waals surface area contributed by atoms with Gasteiger partial charge in [0.2, 0.25) is 11.8 Å². The van der Waals surface area contributed by atoms with Gasteiger partial charge in [0, 0.05) is 31.6 Å². The number of carbonyl (C=O) groups is 2. The van der Waals surface area contributed by atoms with Gasteiger partial charge in [-0.15, -0.1) is 10.2 Å². The first kappa shape index (κ1) is 22.6. The highest BCUT2D eigenvalue weighted by atomic mass is 19.1. The Labute approximate surface area is 189 Å². The molecule has 1 aliphatic heterocycles. The molecule has 0 radical (unpaired) electrons. The van der Waals surface area contributed by atoms with Gasteiger partial charge in [-0.05, 0) is 43.5 Å². The van der Waals surface area contributed by atoms with Crippen LogP contribution in [-0.2, 0) is 11.3 Å². The van der Waals surface area contributed by atoms with E-state index in [9.17, 15) is 18.4 Å². The molecular weight excluding hydrogens is 434 g/mol. The van der Waals surface area contributed by atoms with Crippen LogP contribution in [0.1, 0.15) is 42.4 Å². The van der Waals surface area contributed by atoms with E-state index < -0.39 is 17.5 Å². The zero-order valence-corrected chi connectivity index (χ0v) is 18.2. The van der Waals surface area contributed by atoms with Crippen LogP contribution >= 0.6 is 0 Å². The Hall–Kier alpha value is -3.56. The van der Waals surface area contributed by atoms with E-state index in [1.807, 2.05) is 6.92 Å². The van der Waals surface area contributed by atoms with Crippen LogP contribution in [0.2, 0.25) is 0 Å². The number of hydrogen-bond acceptors (Lipinski definition) is 6. The van der Waals surface area contributed by atoms with Gasteiger partial charge >= 0.3 is 0 Å². The van der Waals surface area contributed by atoms with E-state index in [0.29, 0.717) is 50.2 Å². The Morgan fingerprint density at radius 2 is 1.97 bits per heavy atom. The number of rotatable bonds is 7. The lowest BCUT2D eigenvalue weighted by molar-refractivity contribution is -0.138. The summed E-state index contributed by atoms with van der Waals surface area (Å²) in [4.78, 5) is 29.0. The van der Waals surface area contributed by atoms with Crippen molar-refractivity contribution in [3.8, 4) is 11.7 Å².